The number of hydrogen-bond acceptors (Lipinski definition) is 2. The largest absolute Gasteiger partial charge is 0.306 e. The lowest BCUT2D eigenvalue weighted by atomic mass is 9.95. The van der Waals surface area contributed by atoms with Crippen LogP contribution in [0.4, 0.5) is 4.39 Å². The molecule has 0 saturated heterocycles. The van der Waals surface area contributed by atoms with E-state index in [4.69, 9.17) is 0 Å². The van der Waals surface area contributed by atoms with Gasteiger partial charge in [0.2, 0.25) is 0 Å². The van der Waals surface area contributed by atoms with E-state index in [1.54, 1.807) is 11.3 Å². The van der Waals surface area contributed by atoms with E-state index < -0.39 is 0 Å². The molecular formula is C18H18FNS. The van der Waals surface area contributed by atoms with Crippen molar-refractivity contribution in [2.45, 2.75) is 19.9 Å². The minimum Gasteiger partial charge on any atom is -0.306 e. The molecule has 1 N–H and O–H groups in total. The average molecular weight is 299 g/mol. The summed E-state index contributed by atoms with van der Waals surface area (Å²) in [5.41, 5.74) is 2.56. The maximum absolute atomic E-state index is 14.6. The number of halogens is 1. The number of hydrogen-bond donors (Lipinski definition) is 1. The summed E-state index contributed by atoms with van der Waals surface area (Å²) in [6.07, 6.45) is 0. The molecule has 3 rings (SSSR count). The van der Waals surface area contributed by atoms with Gasteiger partial charge in [0.25, 0.3) is 0 Å². The van der Waals surface area contributed by atoms with Crippen LogP contribution < -0.4 is 5.32 Å². The Morgan fingerprint density at radius 1 is 1.10 bits per heavy atom. The van der Waals surface area contributed by atoms with E-state index in [0.29, 0.717) is 5.56 Å². The Kier molecular flexibility index (Phi) is 4.04. The summed E-state index contributed by atoms with van der Waals surface area (Å²) in [5, 5.41) is 6.74. The molecule has 0 aliphatic carbocycles. The van der Waals surface area contributed by atoms with Crippen LogP contribution in [0.2, 0.25) is 0 Å². The average Bonchev–Trinajstić information content (AvgIpc) is 2.97. The van der Waals surface area contributed by atoms with Gasteiger partial charge in [-0.3, -0.25) is 0 Å². The lowest BCUT2D eigenvalue weighted by Crippen LogP contribution is -2.23. The van der Waals surface area contributed by atoms with Crippen molar-refractivity contribution in [1.82, 2.24) is 5.32 Å². The molecule has 1 unspecified atom stereocenters. The summed E-state index contributed by atoms with van der Waals surface area (Å²) < 4.78 is 15.8. The third kappa shape index (κ3) is 2.59. The molecular weight excluding hydrogens is 281 g/mol. The molecule has 0 aliphatic heterocycles. The van der Waals surface area contributed by atoms with Crippen LogP contribution in [0.1, 0.15) is 29.7 Å². The Bertz CT molecular complexity index is 763. The zero-order valence-electron chi connectivity index (χ0n) is 12.2. The van der Waals surface area contributed by atoms with E-state index in [0.717, 1.165) is 17.7 Å². The molecule has 21 heavy (non-hydrogen) atoms. The summed E-state index contributed by atoms with van der Waals surface area (Å²) >= 11 is 1.71. The standard InChI is InChI=1S/C18H18FNS/c1-3-20-17(14-8-4-6-12(2)16(14)19)15-9-5-7-13-10-11-21-18(13)15/h4-11,17,20H,3H2,1-2H3. The van der Waals surface area contributed by atoms with E-state index in [2.05, 4.69) is 35.8 Å². The Morgan fingerprint density at radius 2 is 1.86 bits per heavy atom. The van der Waals surface area contributed by atoms with Crippen LogP contribution in [-0.2, 0) is 0 Å². The summed E-state index contributed by atoms with van der Waals surface area (Å²) in [4.78, 5) is 0. The normalized spacial score (nSPS) is 12.7. The molecule has 0 fully saturated rings. The maximum atomic E-state index is 14.6. The van der Waals surface area contributed by atoms with Gasteiger partial charge in [-0.2, -0.15) is 0 Å². The molecule has 0 radical (unpaired) electrons. The van der Waals surface area contributed by atoms with Crippen LogP contribution in [0.5, 0.6) is 0 Å². The van der Waals surface area contributed by atoms with Crippen LogP contribution in [0.3, 0.4) is 0 Å². The Hall–Kier alpha value is -1.71. The highest BCUT2D eigenvalue weighted by Gasteiger charge is 2.20. The summed E-state index contributed by atoms with van der Waals surface area (Å²) in [7, 11) is 0. The lowest BCUT2D eigenvalue weighted by molar-refractivity contribution is 0.555. The number of aryl methyl sites for hydroxylation is 1. The zero-order chi connectivity index (χ0) is 14.8. The Morgan fingerprint density at radius 3 is 2.67 bits per heavy atom. The van der Waals surface area contributed by atoms with Gasteiger partial charge in [0.1, 0.15) is 5.82 Å². The molecule has 108 valence electrons. The van der Waals surface area contributed by atoms with Crippen molar-refractivity contribution in [2.24, 2.45) is 0 Å². The first-order valence-corrected chi connectivity index (χ1v) is 8.05. The lowest BCUT2D eigenvalue weighted by Gasteiger charge is -2.21. The highest BCUT2D eigenvalue weighted by molar-refractivity contribution is 7.17. The first-order chi connectivity index (χ1) is 10.2. The maximum Gasteiger partial charge on any atom is 0.131 e. The van der Waals surface area contributed by atoms with E-state index in [9.17, 15) is 4.39 Å². The number of thiophene rings is 1. The van der Waals surface area contributed by atoms with Crippen LogP contribution >= 0.6 is 11.3 Å². The highest BCUT2D eigenvalue weighted by Crippen LogP contribution is 2.33. The number of fused-ring (bicyclic) bond motifs is 1. The van der Waals surface area contributed by atoms with Crippen LogP contribution in [0, 0.1) is 12.7 Å². The fourth-order valence-electron chi connectivity index (χ4n) is 2.73. The second-order valence-corrected chi connectivity index (χ2v) is 6.07. The molecule has 0 bridgehead atoms. The van der Waals surface area contributed by atoms with Crippen LogP contribution in [0.15, 0.2) is 47.8 Å². The topological polar surface area (TPSA) is 12.0 Å². The minimum atomic E-state index is -0.114. The van der Waals surface area contributed by atoms with E-state index in [1.807, 2.05) is 31.2 Å². The summed E-state index contributed by atoms with van der Waals surface area (Å²) in [5.74, 6) is -0.114. The van der Waals surface area contributed by atoms with Crippen molar-refractivity contribution in [2.75, 3.05) is 6.54 Å². The van der Waals surface area contributed by atoms with Crippen molar-refractivity contribution in [3.8, 4) is 0 Å². The minimum absolute atomic E-state index is 0.114. The molecule has 2 aromatic carbocycles. The number of rotatable bonds is 4. The fourth-order valence-corrected chi connectivity index (χ4v) is 3.67. The smallest absolute Gasteiger partial charge is 0.131 e. The molecule has 0 spiro atoms. The van der Waals surface area contributed by atoms with Crippen LogP contribution in [0.25, 0.3) is 10.1 Å². The SMILES string of the molecule is CCNC(c1cccc(C)c1F)c1cccc2ccsc12. The van der Waals surface area contributed by atoms with Gasteiger partial charge in [0, 0.05) is 10.3 Å². The van der Waals surface area contributed by atoms with E-state index >= 15 is 0 Å². The molecule has 0 amide bonds. The molecule has 0 saturated carbocycles. The van der Waals surface area contributed by atoms with Gasteiger partial charge in [0.05, 0.1) is 6.04 Å². The molecule has 3 heteroatoms. The molecule has 1 atom stereocenters. The predicted octanol–water partition coefficient (Wildman–Crippen LogP) is 5.05. The monoisotopic (exact) mass is 299 g/mol. The third-order valence-electron chi connectivity index (χ3n) is 3.76. The van der Waals surface area contributed by atoms with Gasteiger partial charge in [0.15, 0.2) is 0 Å². The van der Waals surface area contributed by atoms with Crippen molar-refractivity contribution in [1.29, 1.82) is 0 Å². The molecule has 1 heterocycles. The second kappa shape index (κ2) is 5.96. The second-order valence-electron chi connectivity index (χ2n) is 5.16. The summed E-state index contributed by atoms with van der Waals surface area (Å²) in [6, 6.07) is 13.8. The zero-order valence-corrected chi connectivity index (χ0v) is 13.0. The summed E-state index contributed by atoms with van der Waals surface area (Å²) in [6.45, 7) is 4.66. The molecule has 1 nitrogen and oxygen atoms in total. The van der Waals surface area contributed by atoms with Gasteiger partial charge in [-0.1, -0.05) is 43.3 Å². The molecule has 3 aromatic rings. The molecule has 0 aliphatic rings. The van der Waals surface area contributed by atoms with Crippen molar-refractivity contribution in [3.05, 3.63) is 70.4 Å². The van der Waals surface area contributed by atoms with Crippen molar-refractivity contribution >= 4 is 21.4 Å². The predicted molar refractivity (Wildman–Crippen MR) is 88.5 cm³/mol. The van der Waals surface area contributed by atoms with Crippen molar-refractivity contribution in [3.63, 3.8) is 0 Å². The van der Waals surface area contributed by atoms with Gasteiger partial charge in [-0.25, -0.2) is 4.39 Å². The Balaban J connectivity index is 2.18. The first-order valence-electron chi connectivity index (χ1n) is 7.17. The van der Waals surface area contributed by atoms with Gasteiger partial charge >= 0.3 is 0 Å². The fraction of sp³-hybridized carbons (Fsp3) is 0.222. The highest BCUT2D eigenvalue weighted by atomic mass is 32.1. The van der Waals surface area contributed by atoms with E-state index in [-0.39, 0.29) is 11.9 Å². The first kappa shape index (κ1) is 14.2. The van der Waals surface area contributed by atoms with Gasteiger partial charge in [-0.15, -0.1) is 11.3 Å². The Labute approximate surface area is 128 Å². The quantitative estimate of drug-likeness (QED) is 0.711. The number of nitrogens with one attached hydrogen (secondary N) is 1. The molecule has 1 aromatic heterocycles. The number of benzene rings is 2. The van der Waals surface area contributed by atoms with Gasteiger partial charge in [-0.05, 0) is 41.4 Å². The van der Waals surface area contributed by atoms with Crippen molar-refractivity contribution < 1.29 is 4.39 Å². The van der Waals surface area contributed by atoms with E-state index in [1.165, 1.54) is 10.1 Å². The third-order valence-corrected chi connectivity index (χ3v) is 4.74. The van der Waals surface area contributed by atoms with Crippen LogP contribution in [-0.4, -0.2) is 6.54 Å². The van der Waals surface area contributed by atoms with Gasteiger partial charge < -0.3 is 5.32 Å².